The van der Waals surface area contributed by atoms with Gasteiger partial charge in [-0.3, -0.25) is 0 Å². The van der Waals surface area contributed by atoms with Crippen LogP contribution in [0.15, 0.2) is 70.5 Å². The molecule has 0 aromatic carbocycles. The third kappa shape index (κ3) is 3.92. The van der Waals surface area contributed by atoms with Crippen molar-refractivity contribution in [3.63, 3.8) is 0 Å². The van der Waals surface area contributed by atoms with Gasteiger partial charge < -0.3 is 4.90 Å². The SMILES string of the molecule is C=C(C)CC(C)=C1C(=C)N(C)C(C2=CC=CCC2)C(CC)C1=C(C)C. The topological polar surface area (TPSA) is 3.24 Å². The first-order valence-electron chi connectivity index (χ1n) is 9.59. The molecule has 1 aliphatic heterocycles. The van der Waals surface area contributed by atoms with E-state index in [9.17, 15) is 0 Å². The zero-order chi connectivity index (χ0) is 18.7. The number of allylic oxidation sites excluding steroid dienone is 7. The van der Waals surface area contributed by atoms with Gasteiger partial charge in [-0.15, -0.1) is 0 Å². The fourth-order valence-electron chi connectivity index (χ4n) is 4.55. The summed E-state index contributed by atoms with van der Waals surface area (Å²) in [4.78, 5) is 2.43. The molecule has 25 heavy (non-hydrogen) atoms. The molecule has 136 valence electrons. The second-order valence-electron chi connectivity index (χ2n) is 7.93. The molecule has 0 amide bonds. The Balaban J connectivity index is 2.61. The van der Waals surface area contributed by atoms with E-state index >= 15 is 0 Å². The molecule has 1 fully saturated rings. The maximum absolute atomic E-state index is 4.51. The highest BCUT2D eigenvalue weighted by Gasteiger charge is 2.39. The Morgan fingerprint density at radius 1 is 1.24 bits per heavy atom. The maximum Gasteiger partial charge on any atom is 0.0570 e. The van der Waals surface area contributed by atoms with Gasteiger partial charge in [0.15, 0.2) is 0 Å². The minimum atomic E-state index is 0.425. The van der Waals surface area contributed by atoms with Crippen LogP contribution < -0.4 is 0 Å². The first kappa shape index (κ1) is 19.6. The summed E-state index contributed by atoms with van der Waals surface area (Å²) in [6.07, 6.45) is 11.2. The van der Waals surface area contributed by atoms with Gasteiger partial charge in [0.25, 0.3) is 0 Å². The smallest absolute Gasteiger partial charge is 0.0570 e. The summed E-state index contributed by atoms with van der Waals surface area (Å²) in [5.74, 6) is 0.522. The third-order valence-electron chi connectivity index (χ3n) is 5.55. The number of rotatable bonds is 4. The van der Waals surface area contributed by atoms with Crippen LogP contribution in [0.1, 0.15) is 60.3 Å². The number of likely N-dealkylation sites (N-methyl/N-ethyl adjacent to an activating group) is 1. The molecular formula is C24H35N. The predicted molar refractivity (Wildman–Crippen MR) is 111 cm³/mol. The van der Waals surface area contributed by atoms with Gasteiger partial charge in [0, 0.05) is 18.7 Å². The molecule has 1 heteroatoms. The fourth-order valence-corrected chi connectivity index (χ4v) is 4.55. The molecular weight excluding hydrogens is 302 g/mol. The van der Waals surface area contributed by atoms with E-state index in [4.69, 9.17) is 0 Å². The summed E-state index contributed by atoms with van der Waals surface area (Å²) in [5.41, 5.74) is 9.65. The second kappa shape index (κ2) is 8.08. The molecule has 0 N–H and O–H groups in total. The van der Waals surface area contributed by atoms with Gasteiger partial charge in [0.2, 0.25) is 0 Å². The monoisotopic (exact) mass is 337 g/mol. The van der Waals surface area contributed by atoms with Crippen LogP contribution in [0.3, 0.4) is 0 Å². The van der Waals surface area contributed by atoms with Gasteiger partial charge in [-0.25, -0.2) is 0 Å². The lowest BCUT2D eigenvalue weighted by Crippen LogP contribution is -2.45. The van der Waals surface area contributed by atoms with Gasteiger partial charge in [-0.2, -0.15) is 0 Å². The highest BCUT2D eigenvalue weighted by Crippen LogP contribution is 2.46. The average molecular weight is 338 g/mol. The average Bonchev–Trinajstić information content (AvgIpc) is 2.56. The molecule has 2 atom stereocenters. The van der Waals surface area contributed by atoms with E-state index in [1.165, 1.54) is 33.6 Å². The molecule has 2 aliphatic rings. The zero-order valence-corrected chi connectivity index (χ0v) is 17.1. The predicted octanol–water partition coefficient (Wildman–Crippen LogP) is 6.74. The molecule has 0 bridgehead atoms. The molecule has 2 rings (SSSR count). The highest BCUT2D eigenvalue weighted by atomic mass is 15.2. The molecule has 0 saturated carbocycles. The second-order valence-corrected chi connectivity index (χ2v) is 7.93. The highest BCUT2D eigenvalue weighted by molar-refractivity contribution is 5.55. The van der Waals surface area contributed by atoms with Crippen LogP contribution in [0.2, 0.25) is 0 Å². The lowest BCUT2D eigenvalue weighted by Gasteiger charge is -2.47. The quantitative estimate of drug-likeness (QED) is 0.514. The van der Waals surface area contributed by atoms with Gasteiger partial charge in [-0.1, -0.05) is 55.0 Å². The normalized spacial score (nSPS) is 25.8. The summed E-state index contributed by atoms with van der Waals surface area (Å²) < 4.78 is 0. The van der Waals surface area contributed by atoms with Crippen LogP contribution in [0.25, 0.3) is 0 Å². The van der Waals surface area contributed by atoms with Crippen molar-refractivity contribution in [1.29, 1.82) is 0 Å². The van der Waals surface area contributed by atoms with Crippen LogP contribution in [0.4, 0.5) is 0 Å². The lowest BCUT2D eigenvalue weighted by atomic mass is 9.72. The number of hydrogen-bond donors (Lipinski definition) is 0. The van der Waals surface area contributed by atoms with Crippen molar-refractivity contribution in [3.8, 4) is 0 Å². The molecule has 2 unspecified atom stereocenters. The summed E-state index contributed by atoms with van der Waals surface area (Å²) in [7, 11) is 2.23. The van der Waals surface area contributed by atoms with E-state index in [1.807, 2.05) is 0 Å². The first-order valence-corrected chi connectivity index (χ1v) is 9.59. The molecule has 1 nitrogen and oxygen atoms in total. The standard InChI is InChI=1S/C24H35N/c1-9-21-22(17(4)5)23(18(6)15-16(2)3)19(7)25(8)24(21)20-13-11-10-12-14-20/h10-11,13,21,24H,2,7,9,12,14-15H2,1,3-6,8H3. The Morgan fingerprint density at radius 3 is 2.40 bits per heavy atom. The number of hydrogen-bond acceptors (Lipinski definition) is 1. The van der Waals surface area contributed by atoms with E-state index in [-0.39, 0.29) is 0 Å². The molecule has 1 aliphatic carbocycles. The maximum atomic E-state index is 4.51. The fraction of sp³-hybridized carbons (Fsp3) is 0.500. The number of likely N-dealkylation sites (tertiary alicyclic amines) is 1. The Kier molecular flexibility index (Phi) is 6.32. The summed E-state index contributed by atoms with van der Waals surface area (Å²) in [6.45, 7) is 19.8. The Morgan fingerprint density at radius 2 is 1.92 bits per heavy atom. The van der Waals surface area contributed by atoms with Gasteiger partial charge >= 0.3 is 0 Å². The van der Waals surface area contributed by atoms with Crippen molar-refractivity contribution >= 4 is 0 Å². The minimum absolute atomic E-state index is 0.425. The minimum Gasteiger partial charge on any atom is -0.367 e. The summed E-state index contributed by atoms with van der Waals surface area (Å²) in [6, 6.07) is 0.425. The molecule has 0 radical (unpaired) electrons. The van der Waals surface area contributed by atoms with E-state index in [2.05, 4.69) is 78.0 Å². The Hall–Kier alpha value is -1.76. The van der Waals surface area contributed by atoms with Crippen LogP contribution in [-0.4, -0.2) is 18.0 Å². The van der Waals surface area contributed by atoms with Crippen molar-refractivity contribution in [3.05, 3.63) is 70.5 Å². The first-order chi connectivity index (χ1) is 11.8. The van der Waals surface area contributed by atoms with Crippen LogP contribution in [0.5, 0.6) is 0 Å². The zero-order valence-electron chi connectivity index (χ0n) is 17.1. The van der Waals surface area contributed by atoms with Crippen LogP contribution in [0, 0.1) is 5.92 Å². The van der Waals surface area contributed by atoms with E-state index in [0.29, 0.717) is 12.0 Å². The van der Waals surface area contributed by atoms with E-state index in [0.717, 1.165) is 25.7 Å². The Labute approximate surface area is 155 Å². The largest absolute Gasteiger partial charge is 0.367 e. The Bertz CT molecular complexity index is 677. The lowest BCUT2D eigenvalue weighted by molar-refractivity contribution is 0.248. The molecule has 1 saturated heterocycles. The van der Waals surface area contributed by atoms with E-state index < -0.39 is 0 Å². The van der Waals surface area contributed by atoms with Crippen LogP contribution >= 0.6 is 0 Å². The van der Waals surface area contributed by atoms with Crippen molar-refractivity contribution < 1.29 is 0 Å². The van der Waals surface area contributed by atoms with Crippen molar-refractivity contribution in [2.45, 2.75) is 66.3 Å². The summed E-state index contributed by atoms with van der Waals surface area (Å²) >= 11 is 0. The van der Waals surface area contributed by atoms with E-state index in [1.54, 1.807) is 5.57 Å². The van der Waals surface area contributed by atoms with Gasteiger partial charge in [0.1, 0.15) is 0 Å². The summed E-state index contributed by atoms with van der Waals surface area (Å²) in [5, 5.41) is 0. The van der Waals surface area contributed by atoms with Crippen LogP contribution in [-0.2, 0) is 0 Å². The van der Waals surface area contributed by atoms with Gasteiger partial charge in [-0.05, 0) is 70.1 Å². The third-order valence-corrected chi connectivity index (χ3v) is 5.55. The van der Waals surface area contributed by atoms with Crippen molar-refractivity contribution in [2.75, 3.05) is 7.05 Å². The number of nitrogens with zero attached hydrogens (tertiary/aromatic N) is 1. The van der Waals surface area contributed by atoms with Crippen molar-refractivity contribution in [2.24, 2.45) is 5.92 Å². The van der Waals surface area contributed by atoms with Crippen molar-refractivity contribution in [1.82, 2.24) is 4.90 Å². The number of piperidine rings is 1. The molecule has 1 heterocycles. The molecule has 0 aromatic heterocycles. The molecule has 0 aromatic rings. The molecule has 0 spiro atoms. The van der Waals surface area contributed by atoms with Gasteiger partial charge in [0.05, 0.1) is 6.04 Å².